The van der Waals surface area contributed by atoms with Gasteiger partial charge in [0, 0.05) is 53.1 Å². The van der Waals surface area contributed by atoms with Crippen molar-refractivity contribution >= 4 is 58.4 Å². The lowest BCUT2D eigenvalue weighted by molar-refractivity contribution is -0.142. The van der Waals surface area contributed by atoms with E-state index < -0.39 is 42.5 Å². The van der Waals surface area contributed by atoms with Crippen molar-refractivity contribution in [3.63, 3.8) is 0 Å². The molecular weight excluding hydrogens is 917 g/mol. The number of ether oxygens (including phenoxy) is 2. The number of alkyl halides is 6. The van der Waals surface area contributed by atoms with Crippen molar-refractivity contribution in [3.05, 3.63) is 130 Å². The number of rotatable bonds is 10. The number of hydrogen-bond donors (Lipinski definition) is 2. The minimum Gasteiger partial charge on any atom is -0.459 e. The van der Waals surface area contributed by atoms with Gasteiger partial charge in [-0.25, -0.2) is 28.9 Å². The molecule has 0 radical (unpaired) electrons. The Morgan fingerprint density at radius 2 is 1.17 bits per heavy atom. The molecule has 0 saturated carbocycles. The van der Waals surface area contributed by atoms with Gasteiger partial charge in [0.1, 0.15) is 17.1 Å². The van der Waals surface area contributed by atoms with Gasteiger partial charge >= 0.3 is 31.4 Å². The van der Waals surface area contributed by atoms with E-state index >= 15 is 0 Å². The molecule has 0 atom stereocenters. The predicted octanol–water partition coefficient (Wildman–Crippen LogP) is 7.80. The van der Waals surface area contributed by atoms with Crippen LogP contribution in [0, 0.1) is 13.8 Å². The van der Waals surface area contributed by atoms with E-state index in [1.807, 2.05) is 0 Å². The summed E-state index contributed by atoms with van der Waals surface area (Å²) in [6, 6.07) is 13.8. The Morgan fingerprint density at radius 3 is 1.58 bits per heavy atom. The van der Waals surface area contributed by atoms with Crippen LogP contribution in [0.1, 0.15) is 55.5 Å². The van der Waals surface area contributed by atoms with Crippen LogP contribution in [-0.2, 0) is 31.4 Å². The van der Waals surface area contributed by atoms with Crippen molar-refractivity contribution < 1.29 is 55.5 Å². The van der Waals surface area contributed by atoms with Crippen molar-refractivity contribution in [3.8, 4) is 22.8 Å². The van der Waals surface area contributed by atoms with Gasteiger partial charge < -0.3 is 19.5 Å². The number of hydrogen-bond acceptors (Lipinski definition) is 12. The molecule has 0 aliphatic carbocycles. The van der Waals surface area contributed by atoms with Crippen molar-refractivity contribution in [2.24, 2.45) is 0 Å². The fourth-order valence-corrected chi connectivity index (χ4v) is 5.54. The second kappa shape index (κ2) is 22.2. The summed E-state index contributed by atoms with van der Waals surface area (Å²) < 4.78 is 91.0. The van der Waals surface area contributed by atoms with E-state index in [1.54, 1.807) is 90.3 Å². The number of benzene rings is 2. The van der Waals surface area contributed by atoms with Crippen LogP contribution in [0.4, 0.5) is 26.3 Å². The maximum atomic E-state index is 13.1. The average molecular weight is 958 g/mol. The molecule has 0 unspecified atom stereocenters. The molecule has 2 aromatic carbocycles. The van der Waals surface area contributed by atoms with Gasteiger partial charge in [-0.1, -0.05) is 12.1 Å². The molecule has 4 heterocycles. The minimum absolute atomic E-state index is 0.100. The lowest BCUT2D eigenvalue weighted by atomic mass is 9.82. The van der Waals surface area contributed by atoms with Gasteiger partial charge in [0.2, 0.25) is 0 Å². The van der Waals surface area contributed by atoms with Crippen LogP contribution in [0.2, 0.25) is 0 Å². The molecule has 0 amide bonds. The zero-order valence-corrected chi connectivity index (χ0v) is 36.5. The fraction of sp³-hybridized carbons (Fsp3) is 0.238. The molecular formula is C42H40BBrF6N8O6. The van der Waals surface area contributed by atoms with Crippen molar-refractivity contribution in [2.75, 3.05) is 0 Å². The highest BCUT2D eigenvalue weighted by Gasteiger charge is 2.32. The summed E-state index contributed by atoms with van der Waals surface area (Å²) in [5.41, 5.74) is 0.905. The summed E-state index contributed by atoms with van der Waals surface area (Å²) in [5, 5.41) is 25.4. The van der Waals surface area contributed by atoms with Crippen LogP contribution < -0.4 is 5.46 Å². The van der Waals surface area contributed by atoms with E-state index in [0.29, 0.717) is 22.2 Å². The Hall–Kier alpha value is -6.52. The summed E-state index contributed by atoms with van der Waals surface area (Å²) in [6.45, 7) is 10.0. The SMILES string of the molecule is Cc1cc(-c2ncn(/C=C(/C(=O)OC(C)C)c3cccnc3)n2)cc(C(F)(F)F)c1.Cc1cc(-c2ncn(/C=C(\Br)C(=O)OC(C)C)n2)cc(C(F)(F)F)c1.OB(O)c1cccnc1. The van der Waals surface area contributed by atoms with Gasteiger partial charge in [-0.15, -0.1) is 10.2 Å². The summed E-state index contributed by atoms with van der Waals surface area (Å²) in [5.74, 6) is -0.946. The first-order valence-corrected chi connectivity index (χ1v) is 19.7. The highest BCUT2D eigenvalue weighted by Crippen LogP contribution is 2.34. The molecule has 14 nitrogen and oxygen atoms in total. The Morgan fingerprint density at radius 1 is 0.703 bits per heavy atom. The molecule has 0 saturated heterocycles. The molecule has 2 N–H and O–H groups in total. The average Bonchev–Trinajstić information content (AvgIpc) is 3.90. The van der Waals surface area contributed by atoms with Crippen LogP contribution in [0.5, 0.6) is 0 Å². The third-order valence-corrected chi connectivity index (χ3v) is 8.43. The normalized spacial score (nSPS) is 12.0. The van der Waals surface area contributed by atoms with Gasteiger partial charge in [-0.05, 0) is 117 Å². The van der Waals surface area contributed by atoms with Gasteiger partial charge in [0.05, 0.1) is 35.1 Å². The highest BCUT2D eigenvalue weighted by atomic mass is 79.9. The lowest BCUT2D eigenvalue weighted by Crippen LogP contribution is -2.29. The van der Waals surface area contributed by atoms with E-state index in [0.717, 1.165) is 24.3 Å². The third kappa shape index (κ3) is 15.4. The standard InChI is InChI=1S/C21H19F3N4O2.C16H15BrF3N3O2.C5H6BNO2/c1-13(2)30-20(29)18(15-5-4-6-25-10-15)11-28-12-26-19(27-28)16-7-14(3)8-17(9-16)21(22,23)24;1-9(2)25-15(24)13(17)7-23-8-21-14(22-23)11-4-10(3)5-12(6-11)16(18,19)20;8-6(9)5-2-1-3-7-4-5/h4-13H,1-3H3;4-9H,1-3H3;1-4,8-9H/b18-11+;13-7-;. The Kier molecular flexibility index (Phi) is 17.4. The number of nitrogens with zero attached hydrogens (tertiary/aromatic N) is 8. The molecule has 0 aliphatic rings. The number of esters is 2. The molecule has 0 bridgehead atoms. The van der Waals surface area contributed by atoms with E-state index in [4.69, 9.17) is 19.5 Å². The smallest absolute Gasteiger partial charge is 0.459 e. The molecule has 22 heteroatoms. The summed E-state index contributed by atoms with van der Waals surface area (Å²) in [6.07, 6.45) is 1.82. The van der Waals surface area contributed by atoms with Crippen molar-refractivity contribution in [1.82, 2.24) is 39.5 Å². The molecule has 6 rings (SSSR count). The molecule has 0 aliphatic heterocycles. The summed E-state index contributed by atoms with van der Waals surface area (Å²) in [7, 11) is -1.40. The number of aryl methyl sites for hydroxylation is 2. The molecule has 6 aromatic rings. The predicted molar refractivity (Wildman–Crippen MR) is 229 cm³/mol. The lowest BCUT2D eigenvalue weighted by Gasteiger charge is -2.11. The Bertz CT molecular complexity index is 2570. The second-order valence-electron chi connectivity index (χ2n) is 14.1. The van der Waals surface area contributed by atoms with Crippen LogP contribution in [-0.4, -0.2) is 80.8 Å². The van der Waals surface area contributed by atoms with Gasteiger partial charge in [-0.3, -0.25) is 9.97 Å². The quantitative estimate of drug-likeness (QED) is 0.0590. The second-order valence-corrected chi connectivity index (χ2v) is 15.0. The van der Waals surface area contributed by atoms with Crippen molar-refractivity contribution in [1.29, 1.82) is 0 Å². The van der Waals surface area contributed by atoms with E-state index in [-0.39, 0.29) is 45.0 Å². The molecule has 0 spiro atoms. The van der Waals surface area contributed by atoms with Crippen LogP contribution in [0.15, 0.2) is 103 Å². The number of carbonyl (C=O) groups excluding carboxylic acids is 2. The first-order valence-electron chi connectivity index (χ1n) is 18.9. The molecule has 64 heavy (non-hydrogen) atoms. The van der Waals surface area contributed by atoms with Crippen LogP contribution in [0.25, 0.3) is 40.7 Å². The third-order valence-electron chi connectivity index (χ3n) is 7.91. The Balaban J connectivity index is 0.000000237. The monoisotopic (exact) mass is 956 g/mol. The topological polar surface area (TPSA) is 180 Å². The molecule has 0 fully saturated rings. The minimum atomic E-state index is -4.47. The van der Waals surface area contributed by atoms with Crippen LogP contribution >= 0.6 is 15.9 Å². The van der Waals surface area contributed by atoms with Crippen LogP contribution in [0.3, 0.4) is 0 Å². The highest BCUT2D eigenvalue weighted by molar-refractivity contribution is 9.12. The summed E-state index contributed by atoms with van der Waals surface area (Å²) >= 11 is 3.07. The number of carbonyl (C=O) groups is 2. The Labute approximate surface area is 371 Å². The number of halogens is 7. The van der Waals surface area contributed by atoms with Gasteiger partial charge in [-0.2, -0.15) is 26.3 Å². The summed E-state index contributed by atoms with van der Waals surface area (Å²) in [4.78, 5) is 40.0. The molecule has 336 valence electrons. The largest absolute Gasteiger partial charge is 0.490 e. The molecule has 4 aromatic heterocycles. The number of pyridine rings is 2. The fourth-order valence-electron chi connectivity index (χ4n) is 5.24. The maximum Gasteiger partial charge on any atom is 0.490 e. The van der Waals surface area contributed by atoms with Gasteiger partial charge in [0.15, 0.2) is 11.6 Å². The van der Waals surface area contributed by atoms with E-state index in [9.17, 15) is 35.9 Å². The maximum absolute atomic E-state index is 13.1. The van der Waals surface area contributed by atoms with Gasteiger partial charge in [0.25, 0.3) is 0 Å². The zero-order valence-electron chi connectivity index (χ0n) is 34.9. The van der Waals surface area contributed by atoms with E-state index in [1.165, 1.54) is 46.8 Å². The zero-order chi connectivity index (χ0) is 47.4. The number of aromatic nitrogens is 8. The first kappa shape index (κ1) is 50.1. The van der Waals surface area contributed by atoms with Crippen molar-refractivity contribution in [2.45, 2.75) is 66.1 Å². The first-order chi connectivity index (χ1) is 30.0. The van der Waals surface area contributed by atoms with E-state index in [2.05, 4.69) is 46.1 Å².